The monoisotopic (exact) mass is 416 g/mol. The Balaban J connectivity index is 0. The van der Waals surface area contributed by atoms with Crippen molar-refractivity contribution in [1.29, 1.82) is 0 Å². The fourth-order valence-electron chi connectivity index (χ4n) is 3.24. The second-order valence-corrected chi connectivity index (χ2v) is 9.08. The first kappa shape index (κ1) is 29.7. The Morgan fingerprint density at radius 2 is 1.12 bits per heavy atom. The molecule has 1 N–H and O–H groups in total. The summed E-state index contributed by atoms with van der Waals surface area (Å²) < 4.78 is 33.7. The Bertz CT molecular complexity index is 387. The van der Waals surface area contributed by atoms with E-state index in [9.17, 15) is 18.1 Å². The van der Waals surface area contributed by atoms with Crippen LogP contribution in [0.2, 0.25) is 0 Å². The van der Waals surface area contributed by atoms with E-state index in [2.05, 4.69) is 0 Å². The molecule has 0 amide bonds. The maximum absolute atomic E-state index is 11.2. The summed E-state index contributed by atoms with van der Waals surface area (Å²) in [7, 11) is -4.12. The molecule has 0 saturated heterocycles. The molecule has 0 spiro atoms. The van der Waals surface area contributed by atoms with Crippen LogP contribution in [0.1, 0.15) is 117 Å². The third-order valence-electron chi connectivity index (χ3n) is 5.07. The van der Waals surface area contributed by atoms with E-state index in [1.165, 1.54) is 38.5 Å². The molecule has 2 unspecified atom stereocenters. The molecule has 0 radical (unpaired) electrons. The maximum atomic E-state index is 11.2. The maximum Gasteiger partial charge on any atom is 1.00 e. The van der Waals surface area contributed by atoms with E-state index in [4.69, 9.17) is 0 Å². The molecule has 2 atom stereocenters. The van der Waals surface area contributed by atoms with Gasteiger partial charge in [0.2, 0.25) is 0 Å². The Kier molecular flexibility index (Phi) is 22.6. The van der Waals surface area contributed by atoms with Crippen LogP contribution in [0.3, 0.4) is 0 Å². The summed E-state index contributed by atoms with van der Waals surface area (Å²) in [5.41, 5.74) is 0. The fraction of sp³-hybridized carbons (Fsp3) is 1.00. The van der Waals surface area contributed by atoms with Gasteiger partial charge in [-0.1, -0.05) is 90.9 Å². The van der Waals surface area contributed by atoms with Gasteiger partial charge >= 0.3 is 51.4 Å². The van der Waals surface area contributed by atoms with Crippen molar-refractivity contribution < 1.29 is 69.5 Å². The second kappa shape index (κ2) is 19.8. The summed E-state index contributed by atoms with van der Waals surface area (Å²) in [5, 5.41) is 8.80. The van der Waals surface area contributed by atoms with Gasteiger partial charge in [-0.05, 0) is 25.7 Å². The second-order valence-electron chi connectivity index (χ2n) is 7.43. The predicted molar refractivity (Wildman–Crippen MR) is 105 cm³/mol. The first-order chi connectivity index (χ1) is 11.9. The molecule has 152 valence electrons. The van der Waals surface area contributed by atoms with Crippen LogP contribution >= 0.6 is 0 Å². The van der Waals surface area contributed by atoms with Crippen molar-refractivity contribution in [1.82, 2.24) is 0 Å². The SMILES string of the molecule is CCCCC(CCCCCCCCCCCCC(O)CC)S(=O)(=O)[O-].[K+]. The number of aliphatic hydroxyl groups is 1. The predicted octanol–water partition coefficient (Wildman–Crippen LogP) is 2.55. The molecule has 26 heavy (non-hydrogen) atoms. The summed E-state index contributed by atoms with van der Waals surface area (Å²) in [5.74, 6) is 0. The zero-order valence-corrected chi connectivity index (χ0v) is 21.5. The molecule has 0 aromatic heterocycles. The van der Waals surface area contributed by atoms with E-state index in [-0.39, 0.29) is 57.5 Å². The van der Waals surface area contributed by atoms with Crippen LogP contribution in [-0.2, 0) is 10.1 Å². The normalized spacial score (nSPS) is 14.0. The smallest absolute Gasteiger partial charge is 0.748 e. The largest absolute Gasteiger partial charge is 1.00 e. The number of aliphatic hydroxyl groups excluding tert-OH is 1. The standard InChI is InChI=1S/C20H42O4S.K/c1-3-5-17-20(25(22,23)24)18-15-13-11-9-7-6-8-10-12-14-16-19(21)4-2;/h19-21H,3-18H2,1-2H3,(H,22,23,24);/q;+1/p-1. The third-order valence-corrected chi connectivity index (χ3v) is 6.36. The van der Waals surface area contributed by atoms with E-state index in [1.807, 2.05) is 13.8 Å². The molecule has 0 saturated carbocycles. The zero-order chi connectivity index (χ0) is 19.0. The number of hydrogen-bond acceptors (Lipinski definition) is 4. The molecular formula is C20H41KO4S. The van der Waals surface area contributed by atoms with Crippen LogP contribution in [0.4, 0.5) is 0 Å². The Morgan fingerprint density at radius 1 is 0.731 bits per heavy atom. The van der Waals surface area contributed by atoms with Crippen molar-refractivity contribution in [2.75, 3.05) is 0 Å². The molecule has 0 rings (SSSR count). The van der Waals surface area contributed by atoms with E-state index >= 15 is 0 Å². The van der Waals surface area contributed by atoms with Gasteiger partial charge in [0.25, 0.3) is 0 Å². The summed E-state index contributed by atoms with van der Waals surface area (Å²) in [6.45, 7) is 4.04. The molecule has 0 bridgehead atoms. The molecule has 6 heteroatoms. The van der Waals surface area contributed by atoms with Crippen molar-refractivity contribution in [3.8, 4) is 0 Å². The van der Waals surface area contributed by atoms with Crippen LogP contribution in [0.15, 0.2) is 0 Å². The van der Waals surface area contributed by atoms with Crippen LogP contribution in [0.25, 0.3) is 0 Å². The third kappa shape index (κ3) is 18.9. The minimum atomic E-state index is -4.12. The number of rotatable bonds is 18. The molecule has 0 aromatic carbocycles. The minimum Gasteiger partial charge on any atom is -0.748 e. The Hall–Kier alpha value is 1.51. The first-order valence-electron chi connectivity index (χ1n) is 10.5. The van der Waals surface area contributed by atoms with Gasteiger partial charge in [-0.25, -0.2) is 8.42 Å². The van der Waals surface area contributed by atoms with Gasteiger partial charge in [0.15, 0.2) is 0 Å². The van der Waals surface area contributed by atoms with Crippen molar-refractivity contribution >= 4 is 10.1 Å². The van der Waals surface area contributed by atoms with Gasteiger partial charge in [-0.2, -0.15) is 0 Å². The molecule has 0 aliphatic rings. The Labute approximate surface area is 205 Å². The van der Waals surface area contributed by atoms with Crippen LogP contribution < -0.4 is 51.4 Å². The molecular weight excluding hydrogens is 375 g/mol. The summed E-state index contributed by atoms with van der Waals surface area (Å²) in [6, 6.07) is 0. The molecule has 0 heterocycles. The van der Waals surface area contributed by atoms with Gasteiger partial charge < -0.3 is 9.66 Å². The van der Waals surface area contributed by atoms with Crippen LogP contribution in [0.5, 0.6) is 0 Å². The van der Waals surface area contributed by atoms with Crippen LogP contribution in [0, 0.1) is 0 Å². The van der Waals surface area contributed by atoms with Gasteiger partial charge in [0.1, 0.15) is 0 Å². The fourth-order valence-corrected chi connectivity index (χ4v) is 4.15. The van der Waals surface area contributed by atoms with Gasteiger partial charge in [0.05, 0.1) is 16.2 Å². The molecule has 0 aliphatic carbocycles. The van der Waals surface area contributed by atoms with Gasteiger partial charge in [-0.15, -0.1) is 0 Å². The van der Waals surface area contributed by atoms with E-state index in [1.54, 1.807) is 0 Å². The van der Waals surface area contributed by atoms with E-state index < -0.39 is 15.4 Å². The number of unbranched alkanes of at least 4 members (excludes halogenated alkanes) is 10. The molecule has 0 aliphatic heterocycles. The van der Waals surface area contributed by atoms with Crippen molar-refractivity contribution in [2.45, 2.75) is 128 Å². The van der Waals surface area contributed by atoms with Crippen molar-refractivity contribution in [2.24, 2.45) is 0 Å². The summed E-state index contributed by atoms with van der Waals surface area (Å²) in [4.78, 5) is 0. The summed E-state index contributed by atoms with van der Waals surface area (Å²) >= 11 is 0. The van der Waals surface area contributed by atoms with Crippen molar-refractivity contribution in [3.63, 3.8) is 0 Å². The molecule has 0 aromatic rings. The average Bonchev–Trinajstić information content (AvgIpc) is 2.56. The zero-order valence-electron chi connectivity index (χ0n) is 17.5. The average molecular weight is 417 g/mol. The van der Waals surface area contributed by atoms with Crippen LogP contribution in [-0.4, -0.2) is 29.4 Å². The van der Waals surface area contributed by atoms with Gasteiger partial charge in [0, 0.05) is 5.25 Å². The Morgan fingerprint density at radius 3 is 1.50 bits per heavy atom. The van der Waals surface area contributed by atoms with E-state index in [0.717, 1.165) is 51.4 Å². The molecule has 4 nitrogen and oxygen atoms in total. The summed E-state index contributed by atoms with van der Waals surface area (Å²) in [6.07, 6.45) is 16.2. The van der Waals surface area contributed by atoms with Crippen molar-refractivity contribution in [3.05, 3.63) is 0 Å². The topological polar surface area (TPSA) is 77.4 Å². The quantitative estimate of drug-likeness (QED) is 0.212. The van der Waals surface area contributed by atoms with Gasteiger partial charge in [-0.3, -0.25) is 0 Å². The first-order valence-corrected chi connectivity index (χ1v) is 12.0. The van der Waals surface area contributed by atoms with E-state index in [0.29, 0.717) is 12.8 Å². The number of hydrogen-bond donors (Lipinski definition) is 1. The molecule has 0 fully saturated rings. The minimum absolute atomic E-state index is 0.